The molecule has 1 aromatic carbocycles. The fraction of sp³-hybridized carbons (Fsp3) is 0.500. The van der Waals surface area contributed by atoms with E-state index in [4.69, 9.17) is 9.47 Å². The van der Waals surface area contributed by atoms with E-state index in [-0.39, 0.29) is 6.03 Å². The van der Waals surface area contributed by atoms with Gasteiger partial charge in [-0.15, -0.1) is 0 Å². The van der Waals surface area contributed by atoms with E-state index in [1.165, 1.54) is 0 Å². The van der Waals surface area contributed by atoms with Crippen LogP contribution in [0.4, 0.5) is 4.79 Å². The number of rotatable bonds is 9. The van der Waals surface area contributed by atoms with Gasteiger partial charge in [0.25, 0.3) is 0 Å². The van der Waals surface area contributed by atoms with E-state index in [1.54, 1.807) is 6.92 Å². The first-order valence-corrected chi connectivity index (χ1v) is 9.25. The smallest absolute Gasteiger partial charge is 0.338 e. The van der Waals surface area contributed by atoms with Gasteiger partial charge in [0.15, 0.2) is 0 Å². The second-order valence-corrected chi connectivity index (χ2v) is 6.30. The molecule has 1 aromatic rings. The van der Waals surface area contributed by atoms with Gasteiger partial charge >= 0.3 is 12.0 Å². The SMILES string of the molecule is CCCCCOC(=O)C1=C(C)NC(=O)NC1c1ccccc1OCCC. The molecule has 0 spiro atoms. The van der Waals surface area contributed by atoms with Crippen molar-refractivity contribution in [2.45, 2.75) is 52.5 Å². The second-order valence-electron chi connectivity index (χ2n) is 6.30. The zero-order valence-electron chi connectivity index (χ0n) is 15.8. The maximum absolute atomic E-state index is 12.7. The van der Waals surface area contributed by atoms with Gasteiger partial charge in [-0.1, -0.05) is 44.9 Å². The third-order valence-electron chi connectivity index (χ3n) is 4.16. The highest BCUT2D eigenvalue weighted by molar-refractivity contribution is 5.95. The summed E-state index contributed by atoms with van der Waals surface area (Å²) >= 11 is 0. The molecule has 6 nitrogen and oxygen atoms in total. The summed E-state index contributed by atoms with van der Waals surface area (Å²) < 4.78 is 11.2. The summed E-state index contributed by atoms with van der Waals surface area (Å²) in [6.45, 7) is 6.77. The molecule has 2 amide bonds. The number of para-hydroxylation sites is 1. The molecule has 1 atom stereocenters. The Kier molecular flexibility index (Phi) is 7.51. The molecule has 1 heterocycles. The van der Waals surface area contributed by atoms with Crippen LogP contribution in [-0.2, 0) is 9.53 Å². The van der Waals surface area contributed by atoms with Gasteiger partial charge in [0, 0.05) is 11.3 Å². The third-order valence-corrected chi connectivity index (χ3v) is 4.16. The predicted octanol–water partition coefficient (Wildman–Crippen LogP) is 3.84. The number of esters is 1. The summed E-state index contributed by atoms with van der Waals surface area (Å²) in [7, 11) is 0. The van der Waals surface area contributed by atoms with Gasteiger partial charge in [-0.3, -0.25) is 0 Å². The molecule has 0 aliphatic carbocycles. The molecule has 0 radical (unpaired) electrons. The highest BCUT2D eigenvalue weighted by atomic mass is 16.5. The molecule has 6 heteroatoms. The van der Waals surface area contributed by atoms with Crippen molar-refractivity contribution in [2.24, 2.45) is 0 Å². The highest BCUT2D eigenvalue weighted by Gasteiger charge is 2.33. The topological polar surface area (TPSA) is 76.7 Å². The molecule has 26 heavy (non-hydrogen) atoms. The van der Waals surface area contributed by atoms with Crippen LogP contribution in [0, 0.1) is 0 Å². The van der Waals surface area contributed by atoms with Crippen molar-refractivity contribution >= 4 is 12.0 Å². The molecular formula is C20H28N2O4. The number of benzene rings is 1. The lowest BCUT2D eigenvalue weighted by Crippen LogP contribution is -2.45. The first-order valence-electron chi connectivity index (χ1n) is 9.25. The number of hydrogen-bond donors (Lipinski definition) is 2. The molecule has 1 unspecified atom stereocenters. The summed E-state index contributed by atoms with van der Waals surface area (Å²) in [5.41, 5.74) is 1.66. The fourth-order valence-electron chi connectivity index (χ4n) is 2.85. The maximum atomic E-state index is 12.7. The van der Waals surface area contributed by atoms with Crippen molar-refractivity contribution in [3.05, 3.63) is 41.1 Å². The standard InChI is InChI=1S/C20H28N2O4/c1-4-6-9-13-26-19(23)17-14(3)21-20(24)22-18(17)15-10-7-8-11-16(15)25-12-5-2/h7-8,10-11,18H,4-6,9,12-13H2,1-3H3,(H2,21,22,24). The largest absolute Gasteiger partial charge is 0.493 e. The third kappa shape index (κ3) is 5.00. The summed E-state index contributed by atoms with van der Waals surface area (Å²) in [6.07, 6.45) is 3.77. The number of carbonyl (C=O) groups excluding carboxylic acids is 2. The first-order chi connectivity index (χ1) is 12.6. The van der Waals surface area contributed by atoms with Crippen LogP contribution < -0.4 is 15.4 Å². The van der Waals surface area contributed by atoms with Crippen LogP contribution >= 0.6 is 0 Å². The average molecular weight is 360 g/mol. The van der Waals surface area contributed by atoms with Gasteiger partial charge in [-0.2, -0.15) is 0 Å². The number of unbranched alkanes of at least 4 members (excludes halogenated alkanes) is 2. The van der Waals surface area contributed by atoms with Gasteiger partial charge in [-0.25, -0.2) is 9.59 Å². The Morgan fingerprint density at radius 1 is 1.12 bits per heavy atom. The predicted molar refractivity (Wildman–Crippen MR) is 99.8 cm³/mol. The lowest BCUT2D eigenvalue weighted by molar-refractivity contribution is -0.139. The van der Waals surface area contributed by atoms with Gasteiger partial charge < -0.3 is 20.1 Å². The number of ether oxygens (including phenoxy) is 2. The summed E-state index contributed by atoms with van der Waals surface area (Å²) in [5, 5.41) is 5.49. The fourth-order valence-corrected chi connectivity index (χ4v) is 2.85. The monoisotopic (exact) mass is 360 g/mol. The van der Waals surface area contributed by atoms with Crippen LogP contribution in [0.1, 0.15) is 58.1 Å². The van der Waals surface area contributed by atoms with E-state index < -0.39 is 12.0 Å². The number of carbonyl (C=O) groups is 2. The van der Waals surface area contributed by atoms with Crippen molar-refractivity contribution < 1.29 is 19.1 Å². The molecule has 0 aromatic heterocycles. The summed E-state index contributed by atoms with van der Waals surface area (Å²) in [6, 6.07) is 6.49. The van der Waals surface area contributed by atoms with Crippen LogP contribution in [0.3, 0.4) is 0 Å². The molecule has 0 fully saturated rings. The molecule has 0 bridgehead atoms. The Morgan fingerprint density at radius 2 is 1.88 bits per heavy atom. The van der Waals surface area contributed by atoms with E-state index in [2.05, 4.69) is 17.6 Å². The van der Waals surface area contributed by atoms with Gasteiger partial charge in [0.1, 0.15) is 5.75 Å². The minimum absolute atomic E-state index is 0.347. The van der Waals surface area contributed by atoms with Gasteiger partial charge in [0.2, 0.25) is 0 Å². The Labute approximate surface area is 154 Å². The summed E-state index contributed by atoms with van der Waals surface area (Å²) in [4.78, 5) is 24.7. The number of hydrogen-bond acceptors (Lipinski definition) is 4. The van der Waals surface area contributed by atoms with Gasteiger partial charge in [0.05, 0.1) is 24.8 Å². The van der Waals surface area contributed by atoms with Crippen LogP contribution in [0.5, 0.6) is 5.75 Å². The number of nitrogens with one attached hydrogen (secondary N) is 2. The highest BCUT2D eigenvalue weighted by Crippen LogP contribution is 2.33. The van der Waals surface area contributed by atoms with Crippen LogP contribution in [0.25, 0.3) is 0 Å². The Hall–Kier alpha value is -2.50. The minimum Gasteiger partial charge on any atom is -0.493 e. The lowest BCUT2D eigenvalue weighted by atomic mass is 9.95. The van der Waals surface area contributed by atoms with Crippen molar-refractivity contribution in [2.75, 3.05) is 13.2 Å². The average Bonchev–Trinajstić information content (AvgIpc) is 2.63. The van der Waals surface area contributed by atoms with E-state index in [1.807, 2.05) is 31.2 Å². The number of allylic oxidation sites excluding steroid dienone is 1. The second kappa shape index (κ2) is 9.85. The first kappa shape index (κ1) is 19.8. The zero-order valence-corrected chi connectivity index (χ0v) is 15.8. The molecule has 142 valence electrons. The normalized spacial score (nSPS) is 16.7. The summed E-state index contributed by atoms with van der Waals surface area (Å²) in [5.74, 6) is 0.243. The number of amides is 2. The zero-order chi connectivity index (χ0) is 18.9. The van der Waals surface area contributed by atoms with Crippen LogP contribution in [0.15, 0.2) is 35.5 Å². The Balaban J connectivity index is 2.28. The lowest BCUT2D eigenvalue weighted by Gasteiger charge is -2.29. The quantitative estimate of drug-likeness (QED) is 0.518. The Bertz CT molecular complexity index is 670. The molecule has 0 saturated heterocycles. The minimum atomic E-state index is -0.601. The van der Waals surface area contributed by atoms with Crippen molar-refractivity contribution in [3.63, 3.8) is 0 Å². The Morgan fingerprint density at radius 3 is 2.62 bits per heavy atom. The van der Waals surface area contributed by atoms with Crippen molar-refractivity contribution in [1.82, 2.24) is 10.6 Å². The maximum Gasteiger partial charge on any atom is 0.338 e. The van der Waals surface area contributed by atoms with Crippen molar-refractivity contribution in [1.29, 1.82) is 0 Å². The van der Waals surface area contributed by atoms with E-state index >= 15 is 0 Å². The van der Waals surface area contributed by atoms with Gasteiger partial charge in [-0.05, 0) is 25.8 Å². The van der Waals surface area contributed by atoms with Crippen molar-refractivity contribution in [3.8, 4) is 5.75 Å². The molecule has 1 aliphatic heterocycles. The molecular weight excluding hydrogens is 332 g/mol. The van der Waals surface area contributed by atoms with E-state index in [9.17, 15) is 9.59 Å². The van der Waals surface area contributed by atoms with E-state index in [0.29, 0.717) is 30.2 Å². The van der Waals surface area contributed by atoms with Crippen LogP contribution in [-0.4, -0.2) is 25.2 Å². The molecule has 2 rings (SSSR count). The molecule has 1 aliphatic rings. The molecule has 2 N–H and O–H groups in total. The molecule has 0 saturated carbocycles. The van der Waals surface area contributed by atoms with Crippen LogP contribution in [0.2, 0.25) is 0 Å². The number of urea groups is 1. The van der Waals surface area contributed by atoms with E-state index in [0.717, 1.165) is 31.2 Å².